The van der Waals surface area contributed by atoms with Gasteiger partial charge in [0.25, 0.3) is 5.91 Å². The monoisotopic (exact) mass is 220 g/mol. The SMILES string of the molecule is COc1ccc(C(=O)NC2CCC2)cc1N. The van der Waals surface area contributed by atoms with E-state index in [-0.39, 0.29) is 5.91 Å². The standard InChI is InChI=1S/C12H16N2O2/c1-16-11-6-5-8(7-10(11)13)12(15)14-9-3-2-4-9/h5-7,9H,2-4,13H2,1H3,(H,14,15). The fourth-order valence-corrected chi connectivity index (χ4v) is 1.70. The van der Waals surface area contributed by atoms with Gasteiger partial charge in [0.05, 0.1) is 12.8 Å². The Hall–Kier alpha value is -1.71. The molecule has 0 unspecified atom stereocenters. The van der Waals surface area contributed by atoms with Gasteiger partial charge in [0.15, 0.2) is 0 Å². The van der Waals surface area contributed by atoms with E-state index >= 15 is 0 Å². The van der Waals surface area contributed by atoms with Crippen molar-refractivity contribution in [2.45, 2.75) is 25.3 Å². The first-order chi connectivity index (χ1) is 7.70. The molecule has 0 spiro atoms. The van der Waals surface area contributed by atoms with Gasteiger partial charge in [-0.25, -0.2) is 0 Å². The van der Waals surface area contributed by atoms with Gasteiger partial charge in [0.2, 0.25) is 0 Å². The lowest BCUT2D eigenvalue weighted by atomic mass is 9.93. The van der Waals surface area contributed by atoms with Crippen molar-refractivity contribution in [2.75, 3.05) is 12.8 Å². The van der Waals surface area contributed by atoms with E-state index in [1.54, 1.807) is 25.3 Å². The quantitative estimate of drug-likeness (QED) is 0.760. The summed E-state index contributed by atoms with van der Waals surface area (Å²) < 4.78 is 5.04. The molecule has 3 N–H and O–H groups in total. The number of hydrogen-bond acceptors (Lipinski definition) is 3. The van der Waals surface area contributed by atoms with E-state index in [4.69, 9.17) is 10.5 Å². The molecule has 0 radical (unpaired) electrons. The molecule has 1 fully saturated rings. The molecule has 1 aromatic rings. The summed E-state index contributed by atoms with van der Waals surface area (Å²) in [5.74, 6) is 0.541. The van der Waals surface area contributed by atoms with Gasteiger partial charge in [-0.1, -0.05) is 0 Å². The average molecular weight is 220 g/mol. The second-order valence-electron chi connectivity index (χ2n) is 4.06. The van der Waals surface area contributed by atoms with E-state index in [2.05, 4.69) is 5.32 Å². The summed E-state index contributed by atoms with van der Waals surface area (Å²) in [6.07, 6.45) is 3.37. The molecular weight excluding hydrogens is 204 g/mol. The number of nitrogens with two attached hydrogens (primary N) is 1. The summed E-state index contributed by atoms with van der Waals surface area (Å²) in [6.45, 7) is 0. The highest BCUT2D eigenvalue weighted by molar-refractivity contribution is 5.95. The molecule has 0 aromatic heterocycles. The number of benzene rings is 1. The molecular formula is C12H16N2O2. The van der Waals surface area contributed by atoms with Gasteiger partial charge in [-0.15, -0.1) is 0 Å². The van der Waals surface area contributed by atoms with Crippen molar-refractivity contribution < 1.29 is 9.53 Å². The van der Waals surface area contributed by atoms with Gasteiger partial charge >= 0.3 is 0 Å². The predicted molar refractivity (Wildman–Crippen MR) is 62.5 cm³/mol. The smallest absolute Gasteiger partial charge is 0.251 e. The number of rotatable bonds is 3. The molecule has 2 rings (SSSR count). The van der Waals surface area contributed by atoms with Crippen molar-refractivity contribution in [3.05, 3.63) is 23.8 Å². The van der Waals surface area contributed by atoms with Gasteiger partial charge in [-0.3, -0.25) is 4.79 Å². The maximum Gasteiger partial charge on any atom is 0.251 e. The van der Waals surface area contributed by atoms with Gasteiger partial charge < -0.3 is 15.8 Å². The Balaban J connectivity index is 2.07. The third-order valence-corrected chi connectivity index (χ3v) is 2.93. The summed E-state index contributed by atoms with van der Waals surface area (Å²) in [5, 5.41) is 2.96. The zero-order valence-electron chi connectivity index (χ0n) is 9.32. The molecule has 4 heteroatoms. The Morgan fingerprint density at radius 2 is 2.25 bits per heavy atom. The molecule has 1 aromatic carbocycles. The third-order valence-electron chi connectivity index (χ3n) is 2.93. The Labute approximate surface area is 94.8 Å². The van der Waals surface area contributed by atoms with Crippen LogP contribution >= 0.6 is 0 Å². The lowest BCUT2D eigenvalue weighted by molar-refractivity contribution is 0.0917. The van der Waals surface area contributed by atoms with Gasteiger partial charge in [-0.2, -0.15) is 0 Å². The zero-order chi connectivity index (χ0) is 11.5. The predicted octanol–water partition coefficient (Wildman–Crippen LogP) is 1.56. The maximum absolute atomic E-state index is 11.8. The van der Waals surface area contributed by atoms with Crippen molar-refractivity contribution in [3.8, 4) is 5.75 Å². The first-order valence-electron chi connectivity index (χ1n) is 5.45. The van der Waals surface area contributed by atoms with Crippen molar-refractivity contribution in [1.82, 2.24) is 5.32 Å². The molecule has 0 heterocycles. The maximum atomic E-state index is 11.8. The van der Waals surface area contributed by atoms with E-state index in [1.165, 1.54) is 6.42 Å². The summed E-state index contributed by atoms with van der Waals surface area (Å²) in [6, 6.07) is 5.43. The number of nitrogens with one attached hydrogen (secondary N) is 1. The van der Waals surface area contributed by atoms with E-state index < -0.39 is 0 Å². The van der Waals surface area contributed by atoms with Crippen LogP contribution in [0.5, 0.6) is 5.75 Å². The second-order valence-corrected chi connectivity index (χ2v) is 4.06. The van der Waals surface area contributed by atoms with Gasteiger partial charge in [0, 0.05) is 11.6 Å². The molecule has 0 bridgehead atoms. The molecule has 0 aliphatic heterocycles. The number of amides is 1. The lowest BCUT2D eigenvalue weighted by Gasteiger charge is -2.26. The molecule has 4 nitrogen and oxygen atoms in total. The number of hydrogen-bond donors (Lipinski definition) is 2. The van der Waals surface area contributed by atoms with Crippen LogP contribution < -0.4 is 15.8 Å². The number of carbonyl (C=O) groups is 1. The molecule has 0 saturated heterocycles. The van der Waals surface area contributed by atoms with Crippen molar-refractivity contribution in [2.24, 2.45) is 0 Å². The van der Waals surface area contributed by atoms with Crippen LogP contribution in [0.3, 0.4) is 0 Å². The van der Waals surface area contributed by atoms with Crippen LogP contribution in [0.15, 0.2) is 18.2 Å². The summed E-state index contributed by atoms with van der Waals surface area (Å²) in [7, 11) is 1.56. The zero-order valence-corrected chi connectivity index (χ0v) is 9.32. The average Bonchev–Trinajstić information content (AvgIpc) is 2.23. The molecule has 16 heavy (non-hydrogen) atoms. The molecule has 1 aliphatic carbocycles. The Kier molecular flexibility index (Phi) is 2.99. The molecule has 1 aliphatic rings. The fourth-order valence-electron chi connectivity index (χ4n) is 1.70. The first kappa shape index (κ1) is 10.8. The highest BCUT2D eigenvalue weighted by atomic mass is 16.5. The number of nitrogen functional groups attached to an aromatic ring is 1. The highest BCUT2D eigenvalue weighted by Gasteiger charge is 2.20. The summed E-state index contributed by atoms with van der Waals surface area (Å²) in [5.41, 5.74) is 6.82. The van der Waals surface area contributed by atoms with Crippen LogP contribution in [0.1, 0.15) is 29.6 Å². The Morgan fingerprint density at radius 3 is 2.75 bits per heavy atom. The van der Waals surface area contributed by atoms with Crippen LogP contribution in [0.25, 0.3) is 0 Å². The van der Waals surface area contributed by atoms with Crippen LogP contribution in [0.4, 0.5) is 5.69 Å². The number of ether oxygens (including phenoxy) is 1. The van der Waals surface area contributed by atoms with Gasteiger partial charge in [0.1, 0.15) is 5.75 Å². The van der Waals surface area contributed by atoms with Crippen molar-refractivity contribution >= 4 is 11.6 Å². The molecule has 0 atom stereocenters. The Morgan fingerprint density at radius 1 is 1.50 bits per heavy atom. The molecule has 1 amide bonds. The summed E-state index contributed by atoms with van der Waals surface area (Å²) in [4.78, 5) is 11.8. The largest absolute Gasteiger partial charge is 0.495 e. The molecule has 86 valence electrons. The summed E-state index contributed by atoms with van der Waals surface area (Å²) >= 11 is 0. The van der Waals surface area contributed by atoms with Crippen LogP contribution in [0, 0.1) is 0 Å². The third kappa shape index (κ3) is 2.10. The van der Waals surface area contributed by atoms with E-state index in [0.717, 1.165) is 12.8 Å². The second kappa shape index (κ2) is 4.43. The fraction of sp³-hybridized carbons (Fsp3) is 0.417. The van der Waals surface area contributed by atoms with Crippen LogP contribution in [0.2, 0.25) is 0 Å². The first-order valence-corrected chi connectivity index (χ1v) is 5.45. The Bertz CT molecular complexity index is 400. The minimum absolute atomic E-state index is 0.0564. The van der Waals surface area contributed by atoms with E-state index in [1.807, 2.05) is 0 Å². The van der Waals surface area contributed by atoms with E-state index in [9.17, 15) is 4.79 Å². The lowest BCUT2D eigenvalue weighted by Crippen LogP contribution is -2.39. The van der Waals surface area contributed by atoms with E-state index in [0.29, 0.717) is 23.0 Å². The van der Waals surface area contributed by atoms with Crippen LogP contribution in [-0.2, 0) is 0 Å². The number of carbonyl (C=O) groups excluding carboxylic acids is 1. The number of methoxy groups -OCH3 is 1. The topological polar surface area (TPSA) is 64.3 Å². The van der Waals surface area contributed by atoms with Crippen molar-refractivity contribution in [1.29, 1.82) is 0 Å². The van der Waals surface area contributed by atoms with Crippen LogP contribution in [-0.4, -0.2) is 19.1 Å². The normalized spacial score (nSPS) is 15.3. The molecule has 1 saturated carbocycles. The minimum Gasteiger partial charge on any atom is -0.495 e. The van der Waals surface area contributed by atoms with Gasteiger partial charge in [-0.05, 0) is 37.5 Å². The highest BCUT2D eigenvalue weighted by Crippen LogP contribution is 2.23. The number of anilines is 1. The minimum atomic E-state index is -0.0564. The van der Waals surface area contributed by atoms with Crippen molar-refractivity contribution in [3.63, 3.8) is 0 Å².